The largest absolute Gasteiger partial charge is 0.481 e. The quantitative estimate of drug-likeness (QED) is 0.678. The minimum absolute atomic E-state index is 0.0455. The highest BCUT2D eigenvalue weighted by Crippen LogP contribution is 2.23. The van der Waals surface area contributed by atoms with Crippen LogP contribution >= 0.6 is 0 Å². The van der Waals surface area contributed by atoms with Gasteiger partial charge in [0, 0.05) is 12.1 Å². The van der Waals surface area contributed by atoms with Gasteiger partial charge in [-0.15, -0.1) is 0 Å². The predicted molar refractivity (Wildman–Crippen MR) is 71.7 cm³/mol. The number of aliphatic carboxylic acids is 1. The number of hydrogen-bond donors (Lipinski definition) is 1. The van der Waals surface area contributed by atoms with Crippen LogP contribution in [0.15, 0.2) is 0 Å². The zero-order chi connectivity index (χ0) is 13.5. The molecular weight excluding hydrogens is 230 g/mol. The second-order valence-corrected chi connectivity index (χ2v) is 5.22. The molecule has 1 aliphatic heterocycles. The Bertz CT molecular complexity index is 257. The fourth-order valence-electron chi connectivity index (χ4n) is 2.83. The summed E-state index contributed by atoms with van der Waals surface area (Å²) in [5.74, 6) is -1.09. The highest BCUT2D eigenvalue weighted by Gasteiger charge is 2.38. The van der Waals surface area contributed by atoms with E-state index < -0.39 is 5.97 Å². The molecule has 106 valence electrons. The van der Waals surface area contributed by atoms with Gasteiger partial charge in [-0.1, -0.05) is 33.1 Å². The fraction of sp³-hybridized carbons (Fsp3) is 0.929. The Morgan fingerprint density at radius 2 is 2.11 bits per heavy atom. The molecule has 0 aromatic rings. The van der Waals surface area contributed by atoms with Crippen molar-refractivity contribution in [2.75, 3.05) is 19.8 Å². The molecule has 0 amide bonds. The van der Waals surface area contributed by atoms with E-state index in [0.29, 0.717) is 19.3 Å². The Morgan fingerprint density at radius 1 is 1.39 bits per heavy atom. The van der Waals surface area contributed by atoms with Gasteiger partial charge < -0.3 is 9.84 Å². The van der Waals surface area contributed by atoms with Gasteiger partial charge in [-0.2, -0.15) is 0 Å². The van der Waals surface area contributed by atoms with Crippen molar-refractivity contribution >= 4 is 5.97 Å². The summed E-state index contributed by atoms with van der Waals surface area (Å²) in [6, 6.07) is 0.485. The van der Waals surface area contributed by atoms with E-state index in [4.69, 9.17) is 4.74 Å². The molecule has 0 bridgehead atoms. The molecule has 0 saturated carbocycles. The summed E-state index contributed by atoms with van der Waals surface area (Å²) >= 11 is 0. The zero-order valence-electron chi connectivity index (χ0n) is 11.9. The number of carbonyl (C=O) groups is 1. The first-order chi connectivity index (χ1) is 8.61. The first-order valence-electron chi connectivity index (χ1n) is 7.18. The number of ether oxygens (including phenoxy) is 1. The van der Waals surface area contributed by atoms with Gasteiger partial charge in [-0.25, -0.2) is 0 Å². The summed E-state index contributed by atoms with van der Waals surface area (Å²) in [7, 11) is 0. The zero-order valence-corrected chi connectivity index (χ0v) is 11.9. The maximum atomic E-state index is 11.2. The van der Waals surface area contributed by atoms with Gasteiger partial charge in [-0.05, 0) is 19.9 Å². The van der Waals surface area contributed by atoms with E-state index in [0.717, 1.165) is 13.0 Å². The molecular formula is C14H27NO3. The number of hydrogen-bond acceptors (Lipinski definition) is 3. The summed E-state index contributed by atoms with van der Waals surface area (Å²) in [4.78, 5) is 13.5. The average molecular weight is 257 g/mol. The van der Waals surface area contributed by atoms with E-state index in [1.165, 1.54) is 19.3 Å². The number of carboxylic acids is 1. The number of likely N-dealkylation sites (N-methyl/N-ethyl adjacent to an activating group) is 1. The van der Waals surface area contributed by atoms with Crippen LogP contribution in [0.1, 0.15) is 46.5 Å². The first kappa shape index (κ1) is 15.4. The number of unbranched alkanes of at least 4 members (excludes halogenated alkanes) is 2. The SMILES string of the molecule is CCCCCC(C)N(CC)C1COCC1C(=O)O. The van der Waals surface area contributed by atoms with Crippen molar-refractivity contribution in [2.24, 2.45) is 5.92 Å². The topological polar surface area (TPSA) is 49.8 Å². The molecule has 1 fully saturated rings. The third kappa shape index (κ3) is 3.95. The smallest absolute Gasteiger partial charge is 0.310 e. The molecule has 1 saturated heterocycles. The van der Waals surface area contributed by atoms with Crippen LogP contribution < -0.4 is 0 Å². The van der Waals surface area contributed by atoms with Crippen molar-refractivity contribution in [3.8, 4) is 0 Å². The van der Waals surface area contributed by atoms with Crippen LogP contribution in [0.3, 0.4) is 0 Å². The first-order valence-corrected chi connectivity index (χ1v) is 7.18. The number of nitrogens with zero attached hydrogens (tertiary/aromatic N) is 1. The van der Waals surface area contributed by atoms with Crippen LogP contribution in [0.4, 0.5) is 0 Å². The number of carboxylic acid groups (broad SMARTS) is 1. The van der Waals surface area contributed by atoms with E-state index in [2.05, 4.69) is 25.7 Å². The molecule has 1 rings (SSSR count). The summed E-state index contributed by atoms with van der Waals surface area (Å²) in [5, 5.41) is 9.22. The van der Waals surface area contributed by atoms with Crippen molar-refractivity contribution in [3.63, 3.8) is 0 Å². The van der Waals surface area contributed by atoms with Crippen molar-refractivity contribution in [2.45, 2.75) is 58.5 Å². The van der Waals surface area contributed by atoms with Crippen molar-refractivity contribution in [1.29, 1.82) is 0 Å². The molecule has 18 heavy (non-hydrogen) atoms. The predicted octanol–water partition coefficient (Wildman–Crippen LogP) is 2.38. The van der Waals surface area contributed by atoms with Crippen LogP contribution in [0.25, 0.3) is 0 Å². The van der Waals surface area contributed by atoms with Crippen molar-refractivity contribution < 1.29 is 14.6 Å². The van der Waals surface area contributed by atoms with Crippen LogP contribution in [-0.4, -0.2) is 47.8 Å². The molecule has 0 aliphatic carbocycles. The van der Waals surface area contributed by atoms with Crippen molar-refractivity contribution in [3.05, 3.63) is 0 Å². The molecule has 3 unspecified atom stereocenters. The number of rotatable bonds is 8. The lowest BCUT2D eigenvalue weighted by molar-refractivity contribution is -0.143. The highest BCUT2D eigenvalue weighted by atomic mass is 16.5. The van der Waals surface area contributed by atoms with E-state index in [1.54, 1.807) is 0 Å². The van der Waals surface area contributed by atoms with Gasteiger partial charge in [0.15, 0.2) is 0 Å². The highest BCUT2D eigenvalue weighted by molar-refractivity contribution is 5.71. The summed E-state index contributed by atoms with van der Waals surface area (Å²) < 4.78 is 5.37. The minimum Gasteiger partial charge on any atom is -0.481 e. The lowest BCUT2D eigenvalue weighted by atomic mass is 9.99. The van der Waals surface area contributed by atoms with Gasteiger partial charge in [0.25, 0.3) is 0 Å². The molecule has 0 radical (unpaired) electrons. The standard InChI is InChI=1S/C14H27NO3/c1-4-6-7-8-11(3)15(5-2)13-10-18-9-12(13)14(16)17/h11-13H,4-10H2,1-3H3,(H,16,17). The maximum Gasteiger partial charge on any atom is 0.310 e. The summed E-state index contributed by atoms with van der Waals surface area (Å²) in [6.45, 7) is 8.32. The van der Waals surface area contributed by atoms with Crippen molar-refractivity contribution in [1.82, 2.24) is 4.90 Å². The molecule has 4 heteroatoms. The maximum absolute atomic E-state index is 11.2. The molecule has 1 aliphatic rings. The van der Waals surface area contributed by atoms with Gasteiger partial charge in [0.1, 0.15) is 0 Å². The molecule has 0 aromatic heterocycles. The Morgan fingerprint density at radius 3 is 2.67 bits per heavy atom. The summed E-state index contributed by atoms with van der Waals surface area (Å²) in [5.41, 5.74) is 0. The molecule has 3 atom stereocenters. The second-order valence-electron chi connectivity index (χ2n) is 5.22. The van der Waals surface area contributed by atoms with Gasteiger partial charge in [-0.3, -0.25) is 9.69 Å². The van der Waals surface area contributed by atoms with Gasteiger partial charge in [0.05, 0.1) is 19.1 Å². The van der Waals surface area contributed by atoms with E-state index in [1.807, 2.05) is 0 Å². The van der Waals surface area contributed by atoms with Crippen LogP contribution in [0, 0.1) is 5.92 Å². The Kier molecular flexibility index (Phi) is 6.65. The minimum atomic E-state index is -0.725. The Hall–Kier alpha value is -0.610. The molecule has 1 N–H and O–H groups in total. The molecule has 0 aromatic carbocycles. The van der Waals surface area contributed by atoms with E-state index in [9.17, 15) is 9.90 Å². The van der Waals surface area contributed by atoms with Gasteiger partial charge >= 0.3 is 5.97 Å². The lowest BCUT2D eigenvalue weighted by Crippen LogP contribution is -2.47. The van der Waals surface area contributed by atoms with Crippen LogP contribution in [0.5, 0.6) is 0 Å². The summed E-state index contributed by atoms with van der Waals surface area (Å²) in [6.07, 6.45) is 4.85. The Balaban J connectivity index is 2.55. The normalized spacial score (nSPS) is 25.6. The Labute approximate surface area is 110 Å². The third-order valence-corrected chi connectivity index (χ3v) is 3.95. The van der Waals surface area contributed by atoms with Gasteiger partial charge in [0.2, 0.25) is 0 Å². The van der Waals surface area contributed by atoms with E-state index in [-0.39, 0.29) is 12.0 Å². The monoisotopic (exact) mass is 257 g/mol. The van der Waals surface area contributed by atoms with Crippen LogP contribution in [0.2, 0.25) is 0 Å². The van der Waals surface area contributed by atoms with E-state index >= 15 is 0 Å². The van der Waals surface area contributed by atoms with Crippen LogP contribution in [-0.2, 0) is 9.53 Å². The lowest BCUT2D eigenvalue weighted by Gasteiger charge is -2.34. The average Bonchev–Trinajstić information content (AvgIpc) is 2.79. The second kappa shape index (κ2) is 7.74. The molecule has 1 heterocycles. The fourth-order valence-corrected chi connectivity index (χ4v) is 2.83. The molecule has 4 nitrogen and oxygen atoms in total. The molecule has 0 spiro atoms. The third-order valence-electron chi connectivity index (χ3n) is 3.95.